The summed E-state index contributed by atoms with van der Waals surface area (Å²) in [7, 11) is 0. The average Bonchev–Trinajstić information content (AvgIpc) is 2.40. The molecule has 0 heterocycles. The molecular formula is C14H12ClF3N2. The number of benzene rings is 2. The van der Waals surface area contributed by atoms with Crippen molar-refractivity contribution in [1.29, 1.82) is 0 Å². The van der Waals surface area contributed by atoms with Gasteiger partial charge in [0.1, 0.15) is 0 Å². The topological polar surface area (TPSA) is 24.1 Å². The minimum absolute atomic E-state index is 0.245. The van der Waals surface area contributed by atoms with Gasteiger partial charge in [-0.3, -0.25) is 0 Å². The molecule has 2 aromatic carbocycles. The lowest BCUT2D eigenvalue weighted by molar-refractivity contribution is -0.137. The van der Waals surface area contributed by atoms with E-state index in [1.165, 1.54) is 6.07 Å². The predicted octanol–water partition coefficient (Wildman–Crippen LogP) is 4.48. The number of hydrogen-bond acceptors (Lipinski definition) is 2. The van der Waals surface area contributed by atoms with E-state index >= 15 is 0 Å². The number of halogens is 4. The first-order chi connectivity index (χ1) is 9.47. The van der Waals surface area contributed by atoms with Crippen molar-refractivity contribution < 1.29 is 13.2 Å². The van der Waals surface area contributed by atoms with Gasteiger partial charge >= 0.3 is 6.18 Å². The van der Waals surface area contributed by atoms with Crippen molar-refractivity contribution >= 4 is 17.3 Å². The summed E-state index contributed by atoms with van der Waals surface area (Å²) in [5, 5.41) is -0.294. The molecule has 0 bridgehead atoms. The highest BCUT2D eigenvalue weighted by atomic mass is 35.5. The summed E-state index contributed by atoms with van der Waals surface area (Å²) in [4.78, 5) is 0. The van der Waals surface area contributed by atoms with Crippen molar-refractivity contribution in [3.05, 3.63) is 64.7 Å². The number of anilines is 1. The quantitative estimate of drug-likeness (QED) is 0.814. The van der Waals surface area contributed by atoms with E-state index in [0.29, 0.717) is 5.56 Å². The molecule has 0 amide bonds. The Morgan fingerprint density at radius 3 is 2.35 bits per heavy atom. The molecular weight excluding hydrogens is 289 g/mol. The van der Waals surface area contributed by atoms with Crippen LogP contribution in [0.3, 0.4) is 0 Å². The number of hydrogen-bond donors (Lipinski definition) is 2. The molecule has 0 aromatic heterocycles. The van der Waals surface area contributed by atoms with E-state index < -0.39 is 11.7 Å². The van der Waals surface area contributed by atoms with Crippen molar-refractivity contribution in [2.45, 2.75) is 12.7 Å². The molecule has 0 aliphatic carbocycles. The minimum atomic E-state index is -4.44. The minimum Gasteiger partial charge on any atom is -0.321 e. The summed E-state index contributed by atoms with van der Waals surface area (Å²) in [5.74, 6) is 0. The molecule has 0 radical (unpaired) electrons. The van der Waals surface area contributed by atoms with E-state index in [2.05, 4.69) is 10.9 Å². The number of nitrogens with one attached hydrogen (secondary N) is 2. The molecule has 106 valence electrons. The molecule has 0 saturated carbocycles. The molecule has 6 heteroatoms. The monoisotopic (exact) mass is 300 g/mol. The van der Waals surface area contributed by atoms with Crippen LogP contribution in [0.4, 0.5) is 18.9 Å². The van der Waals surface area contributed by atoms with Crippen LogP contribution in [-0.2, 0) is 12.7 Å². The number of alkyl halides is 3. The van der Waals surface area contributed by atoms with Gasteiger partial charge < -0.3 is 5.43 Å². The molecule has 2 nitrogen and oxygen atoms in total. The maximum absolute atomic E-state index is 12.7. The van der Waals surface area contributed by atoms with Gasteiger partial charge in [-0.15, -0.1) is 0 Å². The lowest BCUT2D eigenvalue weighted by Crippen LogP contribution is -2.21. The van der Waals surface area contributed by atoms with E-state index in [0.717, 1.165) is 11.8 Å². The SMILES string of the molecule is FC(F)(F)c1cc(CNNc2ccccc2)ccc1Cl. The van der Waals surface area contributed by atoms with Gasteiger partial charge in [0.05, 0.1) is 10.6 Å². The van der Waals surface area contributed by atoms with Gasteiger partial charge in [-0.25, -0.2) is 5.43 Å². The van der Waals surface area contributed by atoms with E-state index in [4.69, 9.17) is 11.6 Å². The fourth-order valence-electron chi connectivity index (χ4n) is 1.67. The van der Waals surface area contributed by atoms with Crippen molar-refractivity contribution in [3.63, 3.8) is 0 Å². The lowest BCUT2D eigenvalue weighted by Gasteiger charge is -2.12. The van der Waals surface area contributed by atoms with Gasteiger partial charge in [0, 0.05) is 12.2 Å². The summed E-state index contributed by atoms with van der Waals surface area (Å²) in [5.41, 5.74) is 6.26. The zero-order valence-electron chi connectivity index (χ0n) is 10.3. The second kappa shape index (κ2) is 6.15. The Kier molecular flexibility index (Phi) is 4.52. The van der Waals surface area contributed by atoms with Crippen LogP contribution in [0.5, 0.6) is 0 Å². The average molecular weight is 301 g/mol. The Morgan fingerprint density at radius 1 is 1.00 bits per heavy atom. The van der Waals surface area contributed by atoms with Gasteiger partial charge in [-0.05, 0) is 29.8 Å². The van der Waals surface area contributed by atoms with Crippen LogP contribution in [0, 0.1) is 0 Å². The highest BCUT2D eigenvalue weighted by Gasteiger charge is 2.33. The van der Waals surface area contributed by atoms with Crippen molar-refractivity contribution in [2.75, 3.05) is 5.43 Å². The Balaban J connectivity index is 2.00. The lowest BCUT2D eigenvalue weighted by atomic mass is 10.1. The molecule has 0 fully saturated rings. The molecule has 0 atom stereocenters. The summed E-state index contributed by atoms with van der Waals surface area (Å²) < 4.78 is 38.1. The smallest absolute Gasteiger partial charge is 0.321 e. The Hall–Kier alpha value is -1.72. The van der Waals surface area contributed by atoms with E-state index in [1.807, 2.05) is 30.3 Å². The maximum Gasteiger partial charge on any atom is 0.417 e. The Morgan fingerprint density at radius 2 is 1.70 bits per heavy atom. The fraction of sp³-hybridized carbons (Fsp3) is 0.143. The maximum atomic E-state index is 12.7. The first kappa shape index (κ1) is 14.7. The summed E-state index contributed by atoms with van der Waals surface area (Å²) >= 11 is 5.55. The zero-order valence-corrected chi connectivity index (χ0v) is 11.1. The van der Waals surface area contributed by atoms with Gasteiger partial charge in [0.25, 0.3) is 0 Å². The fourth-order valence-corrected chi connectivity index (χ4v) is 1.89. The van der Waals surface area contributed by atoms with Crippen molar-refractivity contribution in [1.82, 2.24) is 5.43 Å². The Bertz CT molecular complexity index is 570. The zero-order chi connectivity index (χ0) is 14.6. The van der Waals surface area contributed by atoms with E-state index in [1.54, 1.807) is 6.07 Å². The second-order valence-corrected chi connectivity index (χ2v) is 4.56. The van der Waals surface area contributed by atoms with Crippen LogP contribution >= 0.6 is 11.6 Å². The molecule has 0 unspecified atom stereocenters. The largest absolute Gasteiger partial charge is 0.417 e. The number of hydrazine groups is 1. The molecule has 0 aliphatic rings. The van der Waals surface area contributed by atoms with E-state index in [9.17, 15) is 13.2 Å². The van der Waals surface area contributed by atoms with Gasteiger partial charge in [-0.1, -0.05) is 35.9 Å². The molecule has 0 aliphatic heterocycles. The van der Waals surface area contributed by atoms with Crippen LogP contribution in [0.2, 0.25) is 5.02 Å². The predicted molar refractivity (Wildman–Crippen MR) is 73.4 cm³/mol. The summed E-state index contributed by atoms with van der Waals surface area (Å²) in [6.07, 6.45) is -4.44. The third-order valence-corrected chi connectivity index (χ3v) is 2.96. The third-order valence-electron chi connectivity index (χ3n) is 2.64. The molecule has 0 spiro atoms. The summed E-state index contributed by atoms with van der Waals surface area (Å²) in [6, 6.07) is 13.1. The highest BCUT2D eigenvalue weighted by molar-refractivity contribution is 6.31. The Labute approximate surface area is 119 Å². The van der Waals surface area contributed by atoms with Crippen LogP contribution in [0.25, 0.3) is 0 Å². The first-order valence-electron chi connectivity index (χ1n) is 5.86. The number of para-hydroxylation sites is 1. The van der Waals surface area contributed by atoms with Gasteiger partial charge in [0.2, 0.25) is 0 Å². The van der Waals surface area contributed by atoms with Crippen LogP contribution in [0.15, 0.2) is 48.5 Å². The highest BCUT2D eigenvalue weighted by Crippen LogP contribution is 2.35. The van der Waals surface area contributed by atoms with Crippen LogP contribution in [-0.4, -0.2) is 0 Å². The first-order valence-corrected chi connectivity index (χ1v) is 6.24. The van der Waals surface area contributed by atoms with E-state index in [-0.39, 0.29) is 11.6 Å². The third kappa shape index (κ3) is 3.88. The van der Waals surface area contributed by atoms with Crippen molar-refractivity contribution in [3.8, 4) is 0 Å². The molecule has 2 N–H and O–H groups in total. The van der Waals surface area contributed by atoms with Crippen LogP contribution in [0.1, 0.15) is 11.1 Å². The standard InChI is InChI=1S/C14H12ClF3N2/c15-13-7-6-10(8-12(13)14(16,17)18)9-19-20-11-4-2-1-3-5-11/h1-8,19-20H,9H2. The molecule has 2 rings (SSSR count). The molecule has 0 saturated heterocycles. The molecule has 20 heavy (non-hydrogen) atoms. The van der Waals surface area contributed by atoms with Gasteiger partial charge in [-0.2, -0.15) is 13.2 Å². The second-order valence-electron chi connectivity index (χ2n) is 4.16. The summed E-state index contributed by atoms with van der Waals surface area (Å²) in [6.45, 7) is 0.245. The number of rotatable bonds is 4. The van der Waals surface area contributed by atoms with Crippen molar-refractivity contribution in [2.24, 2.45) is 0 Å². The van der Waals surface area contributed by atoms with Crippen LogP contribution < -0.4 is 10.9 Å². The van der Waals surface area contributed by atoms with Gasteiger partial charge in [0.15, 0.2) is 0 Å². The normalized spacial score (nSPS) is 11.4. The molecule has 2 aromatic rings.